The van der Waals surface area contributed by atoms with Gasteiger partial charge in [0.1, 0.15) is 11.9 Å². The predicted molar refractivity (Wildman–Crippen MR) is 77.1 cm³/mol. The smallest absolute Gasteiger partial charge is 0.253 e. The van der Waals surface area contributed by atoms with Crippen molar-refractivity contribution in [3.63, 3.8) is 0 Å². The molecule has 1 heterocycles. The van der Waals surface area contributed by atoms with E-state index in [1.54, 1.807) is 31.2 Å². The van der Waals surface area contributed by atoms with Gasteiger partial charge < -0.3 is 19.7 Å². The van der Waals surface area contributed by atoms with Gasteiger partial charge in [-0.3, -0.25) is 4.79 Å². The van der Waals surface area contributed by atoms with Crippen molar-refractivity contribution in [3.8, 4) is 5.75 Å². The number of methoxy groups -OCH3 is 1. The molecule has 1 fully saturated rings. The highest BCUT2D eigenvalue weighted by Gasteiger charge is 2.25. The van der Waals surface area contributed by atoms with E-state index in [0.717, 1.165) is 17.9 Å². The number of nitrogens with one attached hydrogen (secondary N) is 1. The van der Waals surface area contributed by atoms with E-state index < -0.39 is 6.10 Å². The molecule has 1 aromatic rings. The molecule has 1 aliphatic rings. The van der Waals surface area contributed by atoms with Gasteiger partial charge in [-0.05, 0) is 18.2 Å². The number of hydrogen-bond donors (Lipinski definition) is 1. The van der Waals surface area contributed by atoms with Gasteiger partial charge in [-0.15, -0.1) is 0 Å². The van der Waals surface area contributed by atoms with Crippen LogP contribution in [0.4, 0.5) is 0 Å². The monoisotopic (exact) mass is 298 g/mol. The summed E-state index contributed by atoms with van der Waals surface area (Å²) < 4.78 is 10.8. The van der Waals surface area contributed by atoms with Gasteiger partial charge in [0, 0.05) is 37.3 Å². The number of benzene rings is 1. The van der Waals surface area contributed by atoms with Crippen molar-refractivity contribution in [2.24, 2.45) is 0 Å². The van der Waals surface area contributed by atoms with Crippen molar-refractivity contribution in [2.45, 2.75) is 12.6 Å². The lowest BCUT2D eigenvalue weighted by molar-refractivity contribution is -0.144. The third kappa shape index (κ3) is 3.62. The molecule has 5 nitrogen and oxygen atoms in total. The Bertz CT molecular complexity index is 475. The molecule has 1 aliphatic heterocycles. The Balaban J connectivity index is 2.04. The van der Waals surface area contributed by atoms with Crippen LogP contribution in [0, 0.1) is 0 Å². The lowest BCUT2D eigenvalue weighted by Gasteiger charge is -2.27. The molecule has 1 atom stereocenters. The van der Waals surface area contributed by atoms with Crippen molar-refractivity contribution in [1.29, 1.82) is 0 Å². The molecule has 110 valence electrons. The maximum atomic E-state index is 12.3. The molecule has 20 heavy (non-hydrogen) atoms. The van der Waals surface area contributed by atoms with Crippen molar-refractivity contribution < 1.29 is 14.3 Å². The van der Waals surface area contributed by atoms with E-state index in [9.17, 15) is 4.79 Å². The summed E-state index contributed by atoms with van der Waals surface area (Å²) in [6, 6.07) is 5.37. The van der Waals surface area contributed by atoms with E-state index in [1.807, 2.05) is 6.07 Å². The van der Waals surface area contributed by atoms with E-state index in [-0.39, 0.29) is 5.91 Å². The number of morpholine rings is 1. The largest absolute Gasteiger partial charge is 0.496 e. The standard InChI is InChI=1S/C14H19ClN2O3/c1-17(14(18)13-8-16-5-6-20-13)9-10-7-11(15)3-4-12(10)19-2/h3-4,7,13,16H,5-6,8-9H2,1-2H3. The summed E-state index contributed by atoms with van der Waals surface area (Å²) >= 11 is 5.99. The third-order valence-electron chi connectivity index (χ3n) is 3.23. The molecular formula is C14H19ClN2O3. The van der Waals surface area contributed by atoms with Crippen LogP contribution in [0.1, 0.15) is 5.56 Å². The van der Waals surface area contributed by atoms with Crippen LogP contribution >= 0.6 is 11.6 Å². The Morgan fingerprint density at radius 3 is 3.05 bits per heavy atom. The summed E-state index contributed by atoms with van der Waals surface area (Å²) in [5.41, 5.74) is 0.875. The summed E-state index contributed by atoms with van der Waals surface area (Å²) in [6.07, 6.45) is -0.418. The average Bonchev–Trinajstić information content (AvgIpc) is 2.47. The van der Waals surface area contributed by atoms with Crippen molar-refractivity contribution in [1.82, 2.24) is 10.2 Å². The van der Waals surface area contributed by atoms with Gasteiger partial charge in [0.2, 0.25) is 0 Å². The maximum Gasteiger partial charge on any atom is 0.253 e. The first-order valence-electron chi connectivity index (χ1n) is 6.51. The quantitative estimate of drug-likeness (QED) is 0.910. The molecule has 2 rings (SSSR count). The molecule has 0 aromatic heterocycles. The summed E-state index contributed by atoms with van der Waals surface area (Å²) in [5, 5.41) is 3.77. The lowest BCUT2D eigenvalue weighted by atomic mass is 10.1. The summed E-state index contributed by atoms with van der Waals surface area (Å²) in [6.45, 7) is 2.33. The zero-order valence-corrected chi connectivity index (χ0v) is 12.4. The molecule has 1 aromatic carbocycles. The van der Waals surface area contributed by atoms with Crippen LogP contribution in [0.5, 0.6) is 5.75 Å². The highest BCUT2D eigenvalue weighted by Crippen LogP contribution is 2.24. The van der Waals surface area contributed by atoms with E-state index in [1.165, 1.54) is 0 Å². The number of ether oxygens (including phenoxy) is 2. The molecule has 0 aliphatic carbocycles. The van der Waals surface area contributed by atoms with Gasteiger partial charge in [-0.1, -0.05) is 11.6 Å². The number of rotatable bonds is 4. The zero-order chi connectivity index (χ0) is 14.5. The van der Waals surface area contributed by atoms with Gasteiger partial charge in [0.15, 0.2) is 0 Å². The minimum absolute atomic E-state index is 0.0424. The Labute approximate surface area is 123 Å². The average molecular weight is 299 g/mol. The molecule has 1 amide bonds. The minimum Gasteiger partial charge on any atom is -0.496 e. The van der Waals surface area contributed by atoms with E-state index in [0.29, 0.717) is 24.7 Å². The molecule has 0 radical (unpaired) electrons. The number of nitrogens with zero attached hydrogens (tertiary/aromatic N) is 1. The van der Waals surface area contributed by atoms with Crippen LogP contribution < -0.4 is 10.1 Å². The van der Waals surface area contributed by atoms with E-state index in [2.05, 4.69) is 5.32 Å². The van der Waals surface area contributed by atoms with E-state index in [4.69, 9.17) is 21.1 Å². The number of carbonyl (C=O) groups excluding carboxylic acids is 1. The fraction of sp³-hybridized carbons (Fsp3) is 0.500. The summed E-state index contributed by atoms with van der Waals surface area (Å²) in [7, 11) is 3.35. The second-order valence-electron chi connectivity index (χ2n) is 4.71. The summed E-state index contributed by atoms with van der Waals surface area (Å²) in [5.74, 6) is 0.677. The van der Waals surface area contributed by atoms with Gasteiger partial charge in [-0.25, -0.2) is 0 Å². The highest BCUT2D eigenvalue weighted by molar-refractivity contribution is 6.30. The van der Waals surface area contributed by atoms with Gasteiger partial charge in [0.05, 0.1) is 13.7 Å². The lowest BCUT2D eigenvalue weighted by Crippen LogP contribution is -2.48. The maximum absolute atomic E-state index is 12.3. The zero-order valence-electron chi connectivity index (χ0n) is 11.7. The highest BCUT2D eigenvalue weighted by atomic mass is 35.5. The Morgan fingerprint density at radius 1 is 1.60 bits per heavy atom. The topological polar surface area (TPSA) is 50.8 Å². The minimum atomic E-state index is -0.418. The van der Waals surface area contributed by atoms with Crippen LogP contribution in [-0.4, -0.2) is 50.8 Å². The van der Waals surface area contributed by atoms with Crippen LogP contribution in [0.2, 0.25) is 5.02 Å². The Hall–Kier alpha value is -1.30. The molecule has 0 spiro atoms. The molecular weight excluding hydrogens is 280 g/mol. The Morgan fingerprint density at radius 2 is 2.40 bits per heavy atom. The fourth-order valence-electron chi connectivity index (χ4n) is 2.17. The normalized spacial score (nSPS) is 18.6. The van der Waals surface area contributed by atoms with Gasteiger partial charge >= 0.3 is 0 Å². The van der Waals surface area contributed by atoms with E-state index >= 15 is 0 Å². The number of hydrogen-bond acceptors (Lipinski definition) is 4. The fourth-order valence-corrected chi connectivity index (χ4v) is 2.37. The Kier molecular flexibility index (Phi) is 5.23. The van der Waals surface area contributed by atoms with Crippen molar-refractivity contribution >= 4 is 17.5 Å². The molecule has 1 unspecified atom stereocenters. The van der Waals surface area contributed by atoms with Crippen LogP contribution in [-0.2, 0) is 16.1 Å². The van der Waals surface area contributed by atoms with Crippen molar-refractivity contribution in [3.05, 3.63) is 28.8 Å². The summed E-state index contributed by atoms with van der Waals surface area (Å²) in [4.78, 5) is 13.9. The van der Waals surface area contributed by atoms with Crippen LogP contribution in [0.15, 0.2) is 18.2 Å². The molecule has 0 bridgehead atoms. The van der Waals surface area contributed by atoms with Crippen LogP contribution in [0.3, 0.4) is 0 Å². The first-order valence-corrected chi connectivity index (χ1v) is 6.89. The second kappa shape index (κ2) is 6.92. The predicted octanol–water partition coefficient (Wildman–Crippen LogP) is 1.30. The number of likely N-dealkylation sites (N-methyl/N-ethyl adjacent to an activating group) is 1. The number of amides is 1. The number of carbonyl (C=O) groups is 1. The van der Waals surface area contributed by atoms with Crippen LogP contribution in [0.25, 0.3) is 0 Å². The molecule has 0 saturated carbocycles. The van der Waals surface area contributed by atoms with Gasteiger partial charge in [-0.2, -0.15) is 0 Å². The SMILES string of the molecule is COc1ccc(Cl)cc1CN(C)C(=O)C1CNCCO1. The van der Waals surface area contributed by atoms with Gasteiger partial charge in [0.25, 0.3) is 5.91 Å². The van der Waals surface area contributed by atoms with Crippen molar-refractivity contribution in [2.75, 3.05) is 33.9 Å². The first-order chi connectivity index (χ1) is 9.61. The molecule has 1 saturated heterocycles. The second-order valence-corrected chi connectivity index (χ2v) is 5.15. The number of halogens is 1. The molecule has 6 heteroatoms. The first kappa shape index (κ1) is 15.1. The third-order valence-corrected chi connectivity index (χ3v) is 3.46. The molecule has 1 N–H and O–H groups in total.